The fraction of sp³-hybridized carbons (Fsp3) is 0.357. The minimum atomic E-state index is 0.505. The Kier molecular flexibility index (Phi) is 5.22. The van der Waals surface area contributed by atoms with Gasteiger partial charge < -0.3 is 5.32 Å². The first kappa shape index (κ1) is 14.8. The minimum absolute atomic E-state index is 0.505. The van der Waals surface area contributed by atoms with Gasteiger partial charge in [0.05, 0.1) is 15.7 Å². The molecule has 0 aliphatic carbocycles. The van der Waals surface area contributed by atoms with Gasteiger partial charge >= 0.3 is 0 Å². The number of rotatable bonds is 5. The molecule has 0 aliphatic rings. The molecule has 0 spiro atoms. The van der Waals surface area contributed by atoms with Crippen molar-refractivity contribution in [2.24, 2.45) is 0 Å². The first-order valence-electron chi connectivity index (χ1n) is 6.19. The second kappa shape index (κ2) is 6.71. The van der Waals surface area contributed by atoms with Crippen molar-refractivity contribution in [2.75, 3.05) is 6.54 Å². The van der Waals surface area contributed by atoms with E-state index in [1.165, 1.54) is 0 Å². The van der Waals surface area contributed by atoms with Gasteiger partial charge in [0, 0.05) is 35.0 Å². The summed E-state index contributed by atoms with van der Waals surface area (Å²) >= 11 is 13.8. The largest absolute Gasteiger partial charge is 0.314 e. The van der Waals surface area contributed by atoms with E-state index < -0.39 is 0 Å². The van der Waals surface area contributed by atoms with E-state index in [9.17, 15) is 0 Å². The average Bonchev–Trinajstić information content (AvgIpc) is 2.77. The minimum Gasteiger partial charge on any atom is -0.314 e. The molecule has 1 aromatic carbocycles. The van der Waals surface area contributed by atoms with Gasteiger partial charge in [-0.05, 0) is 18.2 Å². The highest BCUT2D eigenvalue weighted by molar-refractivity contribution is 7.09. The van der Waals surface area contributed by atoms with Gasteiger partial charge in [0.25, 0.3) is 0 Å². The van der Waals surface area contributed by atoms with E-state index in [-0.39, 0.29) is 0 Å². The van der Waals surface area contributed by atoms with Crippen molar-refractivity contribution in [2.45, 2.75) is 26.3 Å². The molecule has 102 valence electrons. The van der Waals surface area contributed by atoms with Crippen LogP contribution in [0.15, 0.2) is 23.6 Å². The zero-order chi connectivity index (χ0) is 13.8. The first-order valence-corrected chi connectivity index (χ1v) is 7.83. The molecule has 0 aliphatic heterocycles. The third kappa shape index (κ3) is 4.18. The lowest BCUT2D eigenvalue weighted by atomic mass is 10.2. The Balaban J connectivity index is 2.08. The molecule has 1 aromatic heterocycles. The number of halogens is 2. The Morgan fingerprint density at radius 3 is 2.79 bits per heavy atom. The topological polar surface area (TPSA) is 24.9 Å². The number of thiazole rings is 1. The summed E-state index contributed by atoms with van der Waals surface area (Å²) in [6.45, 7) is 5.22. The van der Waals surface area contributed by atoms with Crippen LogP contribution in [0.1, 0.15) is 18.9 Å². The van der Waals surface area contributed by atoms with Crippen molar-refractivity contribution in [3.63, 3.8) is 0 Å². The summed E-state index contributed by atoms with van der Waals surface area (Å²) in [7, 11) is 0. The lowest BCUT2D eigenvalue weighted by molar-refractivity contribution is 0.590. The zero-order valence-corrected chi connectivity index (χ0v) is 13.2. The van der Waals surface area contributed by atoms with E-state index in [2.05, 4.69) is 24.1 Å². The Hall–Kier alpha value is -0.610. The molecule has 2 rings (SSSR count). The Labute approximate surface area is 127 Å². The summed E-state index contributed by atoms with van der Waals surface area (Å²) in [5.74, 6) is 0. The van der Waals surface area contributed by atoms with Crippen LogP contribution in [0.5, 0.6) is 0 Å². The molecule has 0 bridgehead atoms. The molecule has 0 atom stereocenters. The number of hydrogen-bond acceptors (Lipinski definition) is 3. The van der Waals surface area contributed by atoms with Gasteiger partial charge in [0.2, 0.25) is 0 Å². The van der Waals surface area contributed by atoms with Crippen molar-refractivity contribution in [1.29, 1.82) is 0 Å². The van der Waals surface area contributed by atoms with Crippen molar-refractivity contribution >= 4 is 34.5 Å². The maximum atomic E-state index is 6.19. The van der Waals surface area contributed by atoms with Crippen LogP contribution in [0, 0.1) is 0 Å². The van der Waals surface area contributed by atoms with Crippen LogP contribution in [0.4, 0.5) is 0 Å². The predicted octanol–water partition coefficient (Wildman–Crippen LogP) is 4.66. The first-order chi connectivity index (χ1) is 9.06. The zero-order valence-electron chi connectivity index (χ0n) is 10.9. The lowest BCUT2D eigenvalue weighted by Crippen LogP contribution is -2.24. The molecule has 0 saturated carbocycles. The summed E-state index contributed by atoms with van der Waals surface area (Å²) in [6.07, 6.45) is 0.939. The molecule has 0 fully saturated rings. The third-order valence-electron chi connectivity index (χ3n) is 2.65. The Morgan fingerprint density at radius 2 is 2.11 bits per heavy atom. The van der Waals surface area contributed by atoms with E-state index in [1.54, 1.807) is 17.4 Å². The van der Waals surface area contributed by atoms with E-state index in [4.69, 9.17) is 23.2 Å². The highest BCUT2D eigenvalue weighted by Crippen LogP contribution is 2.31. The van der Waals surface area contributed by atoms with E-state index >= 15 is 0 Å². The molecule has 1 heterocycles. The smallest absolute Gasteiger partial charge is 0.0945 e. The van der Waals surface area contributed by atoms with Gasteiger partial charge in [-0.25, -0.2) is 4.98 Å². The molecule has 19 heavy (non-hydrogen) atoms. The summed E-state index contributed by atoms with van der Waals surface area (Å²) in [4.78, 5) is 4.62. The van der Waals surface area contributed by atoms with Crippen LogP contribution in [0.2, 0.25) is 10.0 Å². The Bertz CT molecular complexity index is 552. The summed E-state index contributed by atoms with van der Waals surface area (Å²) in [5.41, 5.74) is 1.86. The van der Waals surface area contributed by atoms with E-state index in [0.717, 1.165) is 29.2 Å². The number of nitrogens with zero attached hydrogens (tertiary/aromatic N) is 1. The molecule has 0 amide bonds. The number of aromatic nitrogens is 1. The number of nitrogens with one attached hydrogen (secondary N) is 1. The second-order valence-corrected chi connectivity index (χ2v) is 6.40. The maximum absolute atomic E-state index is 6.19. The molecule has 0 radical (unpaired) electrons. The lowest BCUT2D eigenvalue weighted by Gasteiger charge is -2.05. The normalized spacial score (nSPS) is 11.2. The van der Waals surface area contributed by atoms with Gasteiger partial charge in [-0.2, -0.15) is 0 Å². The van der Waals surface area contributed by atoms with Gasteiger partial charge in [0.1, 0.15) is 0 Å². The quantitative estimate of drug-likeness (QED) is 0.868. The summed E-state index contributed by atoms with van der Waals surface area (Å²) in [5, 5.41) is 7.83. The fourth-order valence-corrected chi connectivity index (χ4v) is 3.02. The van der Waals surface area contributed by atoms with E-state index in [0.29, 0.717) is 16.1 Å². The van der Waals surface area contributed by atoms with Crippen LogP contribution in [0.25, 0.3) is 11.3 Å². The van der Waals surface area contributed by atoms with Gasteiger partial charge in [0.15, 0.2) is 0 Å². The van der Waals surface area contributed by atoms with Crippen LogP contribution < -0.4 is 5.32 Å². The maximum Gasteiger partial charge on any atom is 0.0945 e. The molecule has 1 N–H and O–H groups in total. The SMILES string of the molecule is CC(C)NCCc1nc(-c2ccc(Cl)cc2Cl)cs1. The van der Waals surface area contributed by atoms with Crippen molar-refractivity contribution < 1.29 is 0 Å². The predicted molar refractivity (Wildman–Crippen MR) is 84.4 cm³/mol. The molecular weight excluding hydrogens is 299 g/mol. The number of hydrogen-bond donors (Lipinski definition) is 1. The monoisotopic (exact) mass is 314 g/mol. The van der Waals surface area contributed by atoms with Crippen LogP contribution >= 0.6 is 34.5 Å². The molecule has 5 heteroatoms. The molecule has 0 saturated heterocycles. The average molecular weight is 315 g/mol. The van der Waals surface area contributed by atoms with Crippen molar-refractivity contribution in [1.82, 2.24) is 10.3 Å². The van der Waals surface area contributed by atoms with E-state index in [1.807, 2.05) is 17.5 Å². The van der Waals surface area contributed by atoms with Crippen molar-refractivity contribution in [3.8, 4) is 11.3 Å². The highest BCUT2D eigenvalue weighted by atomic mass is 35.5. The fourth-order valence-electron chi connectivity index (χ4n) is 1.71. The van der Waals surface area contributed by atoms with Gasteiger partial charge in [-0.15, -0.1) is 11.3 Å². The Morgan fingerprint density at radius 1 is 1.32 bits per heavy atom. The van der Waals surface area contributed by atoms with Crippen LogP contribution in [-0.2, 0) is 6.42 Å². The van der Waals surface area contributed by atoms with Crippen LogP contribution in [-0.4, -0.2) is 17.6 Å². The second-order valence-electron chi connectivity index (χ2n) is 4.61. The summed E-state index contributed by atoms with van der Waals surface area (Å²) in [6, 6.07) is 6.00. The molecule has 2 aromatic rings. The summed E-state index contributed by atoms with van der Waals surface area (Å²) < 4.78 is 0. The molecule has 2 nitrogen and oxygen atoms in total. The highest BCUT2D eigenvalue weighted by Gasteiger charge is 2.08. The standard InChI is InChI=1S/C14H16Cl2N2S/c1-9(2)17-6-5-14-18-13(8-19-14)11-4-3-10(15)7-12(11)16/h3-4,7-9,17H,5-6H2,1-2H3. The van der Waals surface area contributed by atoms with Crippen molar-refractivity contribution in [3.05, 3.63) is 38.6 Å². The number of benzene rings is 1. The van der Waals surface area contributed by atoms with Gasteiger partial charge in [-0.1, -0.05) is 37.0 Å². The third-order valence-corrected chi connectivity index (χ3v) is 4.11. The molecular formula is C14H16Cl2N2S. The van der Waals surface area contributed by atoms with Gasteiger partial charge in [-0.3, -0.25) is 0 Å². The van der Waals surface area contributed by atoms with Crippen LogP contribution in [0.3, 0.4) is 0 Å². The molecule has 0 unspecified atom stereocenters.